The quantitative estimate of drug-likeness (QED) is 0.552. The molecule has 0 heterocycles. The van der Waals surface area contributed by atoms with Crippen molar-refractivity contribution in [2.45, 2.75) is 0 Å². The van der Waals surface area contributed by atoms with Crippen molar-refractivity contribution in [3.63, 3.8) is 0 Å². The van der Waals surface area contributed by atoms with Crippen LogP contribution >= 0.6 is 22.6 Å². The summed E-state index contributed by atoms with van der Waals surface area (Å²) >= 11 is 2.09. The van der Waals surface area contributed by atoms with Crippen molar-refractivity contribution in [1.82, 2.24) is 0 Å². The molecule has 0 aliphatic carbocycles. The predicted molar refractivity (Wildman–Crippen MR) is 44.6 cm³/mol. The van der Waals surface area contributed by atoms with Crippen molar-refractivity contribution >= 4 is 28.6 Å². The lowest BCUT2D eigenvalue weighted by atomic mass is 10.2. The molecule has 0 atom stereocenters. The lowest BCUT2D eigenvalue weighted by Gasteiger charge is -1.90. The number of hydrogen-bond acceptors (Lipinski definition) is 1. The molecule has 0 unspecified atom stereocenters. The Labute approximate surface area is 71.4 Å². The summed E-state index contributed by atoms with van der Waals surface area (Å²) in [7, 11) is 0. The highest BCUT2D eigenvalue weighted by molar-refractivity contribution is 14.1. The molecule has 0 radical (unpaired) electrons. The van der Waals surface area contributed by atoms with Gasteiger partial charge in [-0.25, -0.2) is 0 Å². The van der Waals surface area contributed by atoms with E-state index >= 15 is 0 Å². The molecule has 3 heteroatoms. The molecule has 0 aliphatic rings. The zero-order chi connectivity index (χ0) is 7.56. The number of carbonyl (C=O) groups excluding carboxylic acids is 1. The second kappa shape index (κ2) is 3.09. The molecule has 10 heavy (non-hydrogen) atoms. The van der Waals surface area contributed by atoms with Crippen LogP contribution in [0.25, 0.3) is 0 Å². The van der Waals surface area contributed by atoms with Gasteiger partial charge in [0.25, 0.3) is 0 Å². The van der Waals surface area contributed by atoms with Gasteiger partial charge in [-0.1, -0.05) is 0 Å². The van der Waals surface area contributed by atoms with Gasteiger partial charge in [0.15, 0.2) is 0 Å². The largest absolute Gasteiger partial charge is 0.332 e. The van der Waals surface area contributed by atoms with E-state index in [9.17, 15) is 9.18 Å². The van der Waals surface area contributed by atoms with E-state index in [-0.39, 0.29) is 5.56 Å². The molecular formula is C7H4FIO. The van der Waals surface area contributed by atoms with Gasteiger partial charge in [-0.05, 0) is 46.9 Å². The number of benzene rings is 1. The van der Waals surface area contributed by atoms with Crippen LogP contribution in [0.15, 0.2) is 24.3 Å². The van der Waals surface area contributed by atoms with Crippen molar-refractivity contribution < 1.29 is 9.18 Å². The van der Waals surface area contributed by atoms with Crippen molar-refractivity contribution in [3.8, 4) is 0 Å². The van der Waals surface area contributed by atoms with Crippen molar-refractivity contribution in [3.05, 3.63) is 33.4 Å². The third-order valence-corrected chi connectivity index (χ3v) is 1.79. The van der Waals surface area contributed by atoms with Gasteiger partial charge in [0, 0.05) is 3.57 Å². The first-order chi connectivity index (χ1) is 4.70. The van der Waals surface area contributed by atoms with E-state index < -0.39 is 6.04 Å². The minimum absolute atomic E-state index is 0.111. The number of hydrogen-bond donors (Lipinski definition) is 0. The van der Waals surface area contributed by atoms with Crippen LogP contribution in [0.5, 0.6) is 0 Å². The van der Waals surface area contributed by atoms with Crippen LogP contribution in [0.2, 0.25) is 0 Å². The maximum Gasteiger partial charge on any atom is 0.332 e. The van der Waals surface area contributed by atoms with Gasteiger partial charge in [-0.15, -0.1) is 0 Å². The summed E-state index contributed by atoms with van der Waals surface area (Å²) in [4.78, 5) is 10.1. The Bertz CT molecular complexity index is 242. The van der Waals surface area contributed by atoms with E-state index in [0.29, 0.717) is 0 Å². The molecule has 0 saturated heterocycles. The molecule has 0 N–H and O–H groups in total. The van der Waals surface area contributed by atoms with E-state index in [1.807, 2.05) is 0 Å². The Morgan fingerprint density at radius 2 is 1.80 bits per heavy atom. The van der Waals surface area contributed by atoms with Crippen molar-refractivity contribution in [1.29, 1.82) is 0 Å². The molecule has 0 amide bonds. The van der Waals surface area contributed by atoms with Gasteiger partial charge >= 0.3 is 6.04 Å². The lowest BCUT2D eigenvalue weighted by Crippen LogP contribution is -1.88. The van der Waals surface area contributed by atoms with Crippen molar-refractivity contribution in [2.24, 2.45) is 0 Å². The highest BCUT2D eigenvalue weighted by Gasteiger charge is 2.00. The number of carbonyl (C=O) groups is 1. The smallest absolute Gasteiger partial charge is 0.255 e. The third kappa shape index (κ3) is 1.76. The SMILES string of the molecule is O=C(F)c1ccc(I)cc1. The Morgan fingerprint density at radius 3 is 2.20 bits per heavy atom. The van der Waals surface area contributed by atoms with Crippen LogP contribution in [-0.2, 0) is 0 Å². The lowest BCUT2D eigenvalue weighted by molar-refractivity contribution is 0.0836. The maximum atomic E-state index is 11.9. The molecule has 0 aromatic heterocycles. The molecule has 52 valence electrons. The topological polar surface area (TPSA) is 17.1 Å². The van der Waals surface area contributed by atoms with E-state index in [4.69, 9.17) is 0 Å². The minimum Gasteiger partial charge on any atom is -0.255 e. The first-order valence-corrected chi connectivity index (χ1v) is 3.73. The molecule has 0 fully saturated rings. The molecule has 1 aromatic rings. The second-order valence-corrected chi connectivity index (χ2v) is 3.03. The Morgan fingerprint density at radius 1 is 1.30 bits per heavy atom. The summed E-state index contributed by atoms with van der Waals surface area (Å²) in [5.74, 6) is 0. The maximum absolute atomic E-state index is 11.9. The van der Waals surface area contributed by atoms with Crippen LogP contribution in [0.3, 0.4) is 0 Å². The predicted octanol–water partition coefficient (Wildman–Crippen LogP) is 2.40. The summed E-state index contributed by atoms with van der Waals surface area (Å²) < 4.78 is 12.9. The fraction of sp³-hybridized carbons (Fsp3) is 0. The van der Waals surface area contributed by atoms with Crippen LogP contribution < -0.4 is 0 Å². The van der Waals surface area contributed by atoms with Gasteiger partial charge in [0.2, 0.25) is 0 Å². The summed E-state index contributed by atoms with van der Waals surface area (Å²) in [5, 5.41) is 0. The van der Waals surface area contributed by atoms with Crippen LogP contribution in [0.1, 0.15) is 10.4 Å². The number of rotatable bonds is 1. The van der Waals surface area contributed by atoms with Gasteiger partial charge < -0.3 is 0 Å². The van der Waals surface area contributed by atoms with Gasteiger partial charge in [0.05, 0.1) is 5.56 Å². The first kappa shape index (κ1) is 7.65. The highest BCUT2D eigenvalue weighted by Crippen LogP contribution is 2.07. The molecule has 1 nitrogen and oxygen atoms in total. The van der Waals surface area contributed by atoms with Gasteiger partial charge in [-0.3, -0.25) is 4.79 Å². The van der Waals surface area contributed by atoms with E-state index in [0.717, 1.165) is 3.57 Å². The summed E-state index contributed by atoms with van der Waals surface area (Å²) in [6, 6.07) is 4.92. The second-order valence-electron chi connectivity index (χ2n) is 1.78. The van der Waals surface area contributed by atoms with Gasteiger partial charge in [0.1, 0.15) is 0 Å². The average molecular weight is 250 g/mol. The highest BCUT2D eigenvalue weighted by atomic mass is 127. The molecule has 0 spiro atoms. The molecule has 0 aliphatic heterocycles. The summed E-state index contributed by atoms with van der Waals surface area (Å²) in [6.07, 6.45) is 0. The summed E-state index contributed by atoms with van der Waals surface area (Å²) in [6.45, 7) is 0. The zero-order valence-electron chi connectivity index (χ0n) is 4.97. The first-order valence-electron chi connectivity index (χ1n) is 2.65. The third-order valence-electron chi connectivity index (χ3n) is 1.07. The minimum atomic E-state index is -1.38. The molecule has 1 aromatic carbocycles. The molecule has 0 saturated carbocycles. The van der Waals surface area contributed by atoms with Gasteiger partial charge in [-0.2, -0.15) is 4.39 Å². The monoisotopic (exact) mass is 250 g/mol. The Hall–Kier alpha value is -0.450. The normalized spacial score (nSPS) is 9.40. The summed E-state index contributed by atoms with van der Waals surface area (Å²) in [5.41, 5.74) is 0.111. The molecule has 1 rings (SSSR count). The standard InChI is InChI=1S/C7H4FIO/c8-7(10)5-1-3-6(9)4-2-5/h1-4H. The number of halogens is 2. The zero-order valence-corrected chi connectivity index (χ0v) is 7.13. The van der Waals surface area contributed by atoms with E-state index in [2.05, 4.69) is 22.6 Å². The Kier molecular flexibility index (Phi) is 2.37. The average Bonchev–Trinajstić information content (AvgIpc) is 1.88. The fourth-order valence-electron chi connectivity index (χ4n) is 0.581. The molecular weight excluding hydrogens is 246 g/mol. The Balaban J connectivity index is 3.00. The van der Waals surface area contributed by atoms with Crippen LogP contribution in [0.4, 0.5) is 4.39 Å². The van der Waals surface area contributed by atoms with Crippen molar-refractivity contribution in [2.75, 3.05) is 0 Å². The van der Waals surface area contributed by atoms with E-state index in [1.165, 1.54) is 12.1 Å². The van der Waals surface area contributed by atoms with E-state index in [1.54, 1.807) is 12.1 Å². The van der Waals surface area contributed by atoms with Crippen LogP contribution in [0, 0.1) is 3.57 Å². The molecule has 0 bridgehead atoms. The fourth-order valence-corrected chi connectivity index (χ4v) is 0.941. The van der Waals surface area contributed by atoms with Crippen LogP contribution in [-0.4, -0.2) is 6.04 Å².